The molecule has 2 rings (SSSR count). The Bertz CT molecular complexity index is 481. The van der Waals surface area contributed by atoms with Gasteiger partial charge in [-0.25, -0.2) is 0 Å². The molecule has 2 aliphatic heterocycles. The summed E-state index contributed by atoms with van der Waals surface area (Å²) >= 11 is 0. The van der Waals surface area contributed by atoms with Crippen LogP contribution >= 0.6 is 0 Å². The third-order valence-corrected chi connectivity index (χ3v) is 5.51. The maximum absolute atomic E-state index is 10.3. The van der Waals surface area contributed by atoms with Crippen LogP contribution in [0.4, 0.5) is 0 Å². The summed E-state index contributed by atoms with van der Waals surface area (Å²) in [5.74, 6) is 0. The highest BCUT2D eigenvalue weighted by atomic mass is 16.7. The zero-order chi connectivity index (χ0) is 22.3. The molecular weight excluding hydrogens is 404 g/mol. The molecule has 0 aromatic heterocycles. The van der Waals surface area contributed by atoms with E-state index in [-0.39, 0.29) is 13.2 Å². The maximum Gasteiger partial charge on any atom is 0.187 e. The lowest BCUT2D eigenvalue weighted by Gasteiger charge is -2.48. The molecule has 2 fully saturated rings. The summed E-state index contributed by atoms with van der Waals surface area (Å²) in [6.07, 6.45) is -6.77. The van der Waals surface area contributed by atoms with Crippen LogP contribution in [0, 0.1) is 0 Å². The van der Waals surface area contributed by atoms with Gasteiger partial charge in [-0.2, -0.15) is 0 Å². The Morgan fingerprint density at radius 3 is 1.50 bits per heavy atom. The molecular formula is C19H36O11. The molecule has 11 nitrogen and oxygen atoms in total. The van der Waals surface area contributed by atoms with Crippen molar-refractivity contribution in [1.29, 1.82) is 0 Å². The van der Waals surface area contributed by atoms with Gasteiger partial charge in [-0.15, -0.1) is 0 Å². The van der Waals surface area contributed by atoms with Gasteiger partial charge in [0.1, 0.15) is 48.8 Å². The number of ether oxygens (including phenoxy) is 10. The van der Waals surface area contributed by atoms with Crippen LogP contribution in [0.5, 0.6) is 0 Å². The van der Waals surface area contributed by atoms with Crippen molar-refractivity contribution in [3.8, 4) is 0 Å². The molecule has 178 valence electrons. The molecule has 1 N–H and O–H groups in total. The third-order valence-electron chi connectivity index (χ3n) is 5.51. The van der Waals surface area contributed by atoms with E-state index in [1.807, 2.05) is 0 Å². The zero-order valence-corrected chi connectivity index (χ0v) is 18.7. The second-order valence-corrected chi connectivity index (χ2v) is 7.12. The van der Waals surface area contributed by atoms with Gasteiger partial charge in [-0.1, -0.05) is 0 Å². The van der Waals surface area contributed by atoms with Gasteiger partial charge in [0.2, 0.25) is 0 Å². The lowest BCUT2D eigenvalue weighted by molar-refractivity contribution is -0.363. The molecule has 0 unspecified atom stereocenters. The number of methoxy groups -OCH3 is 7. The van der Waals surface area contributed by atoms with Crippen molar-refractivity contribution in [2.75, 3.05) is 63.0 Å². The molecule has 0 bridgehead atoms. The first kappa shape index (κ1) is 25.8. The van der Waals surface area contributed by atoms with Crippen molar-refractivity contribution < 1.29 is 52.5 Å². The number of aliphatic hydroxyl groups excluding tert-OH is 1. The molecule has 0 spiro atoms. The fourth-order valence-corrected chi connectivity index (χ4v) is 4.12. The maximum atomic E-state index is 10.3. The molecule has 0 radical (unpaired) electrons. The molecule has 10 atom stereocenters. The molecule has 0 aliphatic carbocycles. The van der Waals surface area contributed by atoms with Gasteiger partial charge in [0.05, 0.1) is 13.2 Å². The molecule has 2 heterocycles. The molecule has 0 aromatic carbocycles. The Labute approximate surface area is 177 Å². The molecule has 30 heavy (non-hydrogen) atoms. The van der Waals surface area contributed by atoms with E-state index in [4.69, 9.17) is 47.4 Å². The van der Waals surface area contributed by atoms with Crippen LogP contribution in [0.3, 0.4) is 0 Å². The largest absolute Gasteiger partial charge is 0.382 e. The predicted molar refractivity (Wildman–Crippen MR) is 102 cm³/mol. The summed E-state index contributed by atoms with van der Waals surface area (Å²) in [5.41, 5.74) is 0. The zero-order valence-electron chi connectivity index (χ0n) is 18.7. The molecule has 2 saturated heterocycles. The summed E-state index contributed by atoms with van der Waals surface area (Å²) in [6.45, 7) is 0.433. The van der Waals surface area contributed by atoms with Gasteiger partial charge < -0.3 is 52.5 Å². The van der Waals surface area contributed by atoms with E-state index >= 15 is 0 Å². The van der Waals surface area contributed by atoms with Crippen molar-refractivity contribution in [3.63, 3.8) is 0 Å². The van der Waals surface area contributed by atoms with E-state index in [0.717, 1.165) is 0 Å². The molecule has 0 amide bonds. The van der Waals surface area contributed by atoms with Crippen molar-refractivity contribution >= 4 is 0 Å². The SMILES string of the molecule is COC[C@@H]1O[C@H](O)[C@@H](OC)[C@H](OC)[C@H]1O[C@H]1O[C@@H](COC)[C@H](OC)[C@@H](OC)[C@@H]1OC. The highest BCUT2D eigenvalue weighted by Gasteiger charge is 2.52. The summed E-state index contributed by atoms with van der Waals surface area (Å²) in [4.78, 5) is 0. The average Bonchev–Trinajstić information content (AvgIpc) is 2.74. The number of hydrogen-bond donors (Lipinski definition) is 1. The Kier molecular flexibility index (Phi) is 10.8. The van der Waals surface area contributed by atoms with Gasteiger partial charge in [-0.3, -0.25) is 0 Å². The topological polar surface area (TPSA) is 113 Å². The Balaban J connectivity index is 2.31. The van der Waals surface area contributed by atoms with Gasteiger partial charge in [-0.05, 0) is 0 Å². The van der Waals surface area contributed by atoms with E-state index in [1.165, 1.54) is 21.3 Å². The van der Waals surface area contributed by atoms with Crippen LogP contribution in [-0.2, 0) is 47.4 Å². The first-order chi connectivity index (χ1) is 14.5. The fraction of sp³-hybridized carbons (Fsp3) is 1.00. The van der Waals surface area contributed by atoms with Crippen molar-refractivity contribution in [1.82, 2.24) is 0 Å². The van der Waals surface area contributed by atoms with E-state index in [9.17, 15) is 5.11 Å². The summed E-state index contributed by atoms with van der Waals surface area (Å²) in [7, 11) is 10.8. The van der Waals surface area contributed by atoms with Gasteiger partial charge in [0.15, 0.2) is 12.6 Å². The third kappa shape index (κ3) is 5.48. The molecule has 11 heteroatoms. The smallest absolute Gasteiger partial charge is 0.187 e. The van der Waals surface area contributed by atoms with Crippen LogP contribution in [0.1, 0.15) is 0 Å². The predicted octanol–water partition coefficient (Wildman–Crippen LogP) is -0.818. The van der Waals surface area contributed by atoms with Crippen LogP contribution in [0.25, 0.3) is 0 Å². The Hall–Kier alpha value is -0.440. The minimum Gasteiger partial charge on any atom is -0.382 e. The van der Waals surface area contributed by atoms with E-state index in [1.54, 1.807) is 28.4 Å². The Morgan fingerprint density at radius 2 is 1.03 bits per heavy atom. The molecule has 2 aliphatic rings. The van der Waals surface area contributed by atoms with Crippen LogP contribution < -0.4 is 0 Å². The van der Waals surface area contributed by atoms with Crippen LogP contribution in [0.15, 0.2) is 0 Å². The Morgan fingerprint density at radius 1 is 0.567 bits per heavy atom. The highest BCUT2D eigenvalue weighted by Crippen LogP contribution is 2.33. The number of hydrogen-bond acceptors (Lipinski definition) is 11. The van der Waals surface area contributed by atoms with Gasteiger partial charge in [0, 0.05) is 49.8 Å². The average molecular weight is 440 g/mol. The lowest BCUT2D eigenvalue weighted by atomic mass is 9.96. The van der Waals surface area contributed by atoms with Crippen molar-refractivity contribution in [2.45, 2.75) is 61.4 Å². The van der Waals surface area contributed by atoms with E-state index < -0.39 is 61.4 Å². The quantitative estimate of drug-likeness (QED) is 0.435. The van der Waals surface area contributed by atoms with E-state index in [0.29, 0.717) is 0 Å². The minimum atomic E-state index is -1.20. The number of rotatable bonds is 11. The first-order valence-electron chi connectivity index (χ1n) is 9.77. The molecule has 0 aromatic rings. The standard InChI is InChI=1S/C19H36O11/c1-21-8-10-12(23-3)14(24-4)17(27-7)19(29-10)30-13-11(9-22-2)28-18(20)16(26-6)15(13)25-5/h10-20H,8-9H2,1-7H3/t10-,11-,12-,13-,14+,15+,16-,17-,18-,19+/m0/s1. The normalized spacial score (nSPS) is 42.4. The van der Waals surface area contributed by atoms with Crippen LogP contribution in [0.2, 0.25) is 0 Å². The summed E-state index contributed by atoms with van der Waals surface area (Å²) in [6, 6.07) is 0. The van der Waals surface area contributed by atoms with Crippen LogP contribution in [-0.4, -0.2) is 130 Å². The summed E-state index contributed by atoms with van der Waals surface area (Å²) in [5, 5.41) is 10.3. The highest BCUT2D eigenvalue weighted by molar-refractivity contribution is 4.96. The second-order valence-electron chi connectivity index (χ2n) is 7.12. The van der Waals surface area contributed by atoms with Crippen molar-refractivity contribution in [3.05, 3.63) is 0 Å². The van der Waals surface area contributed by atoms with Gasteiger partial charge >= 0.3 is 0 Å². The van der Waals surface area contributed by atoms with Crippen molar-refractivity contribution in [2.24, 2.45) is 0 Å². The lowest BCUT2D eigenvalue weighted by Crippen LogP contribution is -2.65. The molecule has 0 saturated carbocycles. The first-order valence-corrected chi connectivity index (χ1v) is 9.77. The monoisotopic (exact) mass is 440 g/mol. The number of aliphatic hydroxyl groups is 1. The second kappa shape index (κ2) is 12.6. The fourth-order valence-electron chi connectivity index (χ4n) is 4.12. The minimum absolute atomic E-state index is 0.165. The summed E-state index contributed by atoms with van der Waals surface area (Å²) < 4.78 is 56.6. The van der Waals surface area contributed by atoms with E-state index in [2.05, 4.69) is 0 Å². The van der Waals surface area contributed by atoms with Gasteiger partial charge in [0.25, 0.3) is 0 Å².